The van der Waals surface area contributed by atoms with Crippen molar-refractivity contribution < 1.29 is 0 Å². The standard InChI is InChI=1S/C11H16ClN5/c1-7(2)17(6-4-5-13)10-9(14)8(3)15-11(12)16-10/h7H,4,6,14H2,1-3H3. The molecule has 0 atom stereocenters. The van der Waals surface area contributed by atoms with Crippen molar-refractivity contribution in [2.24, 2.45) is 0 Å². The van der Waals surface area contributed by atoms with Gasteiger partial charge in [-0.2, -0.15) is 10.2 Å². The van der Waals surface area contributed by atoms with Gasteiger partial charge in [0.2, 0.25) is 5.28 Å². The zero-order valence-electron chi connectivity index (χ0n) is 10.2. The molecule has 0 aliphatic carbocycles. The van der Waals surface area contributed by atoms with Crippen molar-refractivity contribution in [1.82, 2.24) is 9.97 Å². The Kier molecular flexibility index (Phi) is 4.53. The minimum Gasteiger partial charge on any atom is -0.394 e. The lowest BCUT2D eigenvalue weighted by molar-refractivity contribution is 0.676. The van der Waals surface area contributed by atoms with Crippen molar-refractivity contribution >= 4 is 23.1 Å². The van der Waals surface area contributed by atoms with Gasteiger partial charge >= 0.3 is 0 Å². The highest BCUT2D eigenvalue weighted by atomic mass is 35.5. The summed E-state index contributed by atoms with van der Waals surface area (Å²) < 4.78 is 0. The van der Waals surface area contributed by atoms with Crippen LogP contribution in [-0.2, 0) is 0 Å². The minimum atomic E-state index is 0.175. The third-order valence-electron chi connectivity index (χ3n) is 2.45. The van der Waals surface area contributed by atoms with Crippen molar-refractivity contribution in [1.29, 1.82) is 5.26 Å². The summed E-state index contributed by atoms with van der Waals surface area (Å²) in [5.74, 6) is 0.604. The van der Waals surface area contributed by atoms with Gasteiger partial charge in [0.25, 0.3) is 0 Å². The molecule has 1 aromatic heterocycles. The second-order valence-electron chi connectivity index (χ2n) is 4.01. The largest absolute Gasteiger partial charge is 0.394 e. The van der Waals surface area contributed by atoms with Crippen molar-refractivity contribution in [3.05, 3.63) is 11.0 Å². The summed E-state index contributed by atoms with van der Waals surface area (Å²) in [5, 5.41) is 8.83. The molecule has 5 nitrogen and oxygen atoms in total. The molecule has 2 N–H and O–H groups in total. The maximum absolute atomic E-state index is 8.66. The number of aryl methyl sites for hydroxylation is 1. The second-order valence-corrected chi connectivity index (χ2v) is 4.35. The number of aromatic nitrogens is 2. The van der Waals surface area contributed by atoms with Crippen LogP contribution in [0.1, 0.15) is 26.0 Å². The lowest BCUT2D eigenvalue weighted by Gasteiger charge is -2.28. The van der Waals surface area contributed by atoms with E-state index in [4.69, 9.17) is 22.6 Å². The van der Waals surface area contributed by atoms with E-state index < -0.39 is 0 Å². The van der Waals surface area contributed by atoms with E-state index in [0.717, 1.165) is 0 Å². The molecule has 0 aliphatic heterocycles. The van der Waals surface area contributed by atoms with E-state index in [2.05, 4.69) is 16.0 Å². The SMILES string of the molecule is Cc1nc(Cl)nc(N(CCC#N)C(C)C)c1N. The predicted molar refractivity (Wildman–Crippen MR) is 68.9 cm³/mol. The minimum absolute atomic E-state index is 0.175. The summed E-state index contributed by atoms with van der Waals surface area (Å²) in [6.45, 7) is 6.39. The third kappa shape index (κ3) is 3.21. The van der Waals surface area contributed by atoms with Crippen LogP contribution in [0.2, 0.25) is 5.28 Å². The van der Waals surface area contributed by atoms with E-state index in [9.17, 15) is 0 Å². The first-order valence-corrected chi connectivity index (χ1v) is 5.78. The Labute approximate surface area is 106 Å². The van der Waals surface area contributed by atoms with Crippen molar-refractivity contribution in [3.63, 3.8) is 0 Å². The van der Waals surface area contributed by atoms with Crippen LogP contribution in [0.25, 0.3) is 0 Å². The number of hydrogen-bond acceptors (Lipinski definition) is 5. The number of anilines is 2. The summed E-state index contributed by atoms with van der Waals surface area (Å²) in [6, 6.07) is 2.30. The molecule has 0 unspecified atom stereocenters. The van der Waals surface area contributed by atoms with Crippen LogP contribution in [-0.4, -0.2) is 22.6 Å². The molecule has 0 radical (unpaired) electrons. The van der Waals surface area contributed by atoms with Crippen LogP contribution in [0.3, 0.4) is 0 Å². The molecule has 0 amide bonds. The Morgan fingerprint density at radius 1 is 1.47 bits per heavy atom. The molecule has 0 saturated heterocycles. The molecule has 6 heteroatoms. The molecule has 0 fully saturated rings. The second kappa shape index (κ2) is 5.69. The van der Waals surface area contributed by atoms with Crippen LogP contribution < -0.4 is 10.6 Å². The summed E-state index contributed by atoms with van der Waals surface area (Å²) in [7, 11) is 0. The predicted octanol–water partition coefficient (Wildman–Crippen LogP) is 2.15. The smallest absolute Gasteiger partial charge is 0.224 e. The average Bonchev–Trinajstić information content (AvgIpc) is 2.24. The molecular formula is C11H16ClN5. The Bertz CT molecular complexity index is 438. The molecule has 0 saturated carbocycles. The highest BCUT2D eigenvalue weighted by molar-refractivity contribution is 6.28. The highest BCUT2D eigenvalue weighted by Crippen LogP contribution is 2.26. The first kappa shape index (κ1) is 13.5. The highest BCUT2D eigenvalue weighted by Gasteiger charge is 2.17. The van der Waals surface area contributed by atoms with Gasteiger partial charge in [0.15, 0.2) is 5.82 Å². The van der Waals surface area contributed by atoms with Crippen LogP contribution in [0.5, 0.6) is 0 Å². The van der Waals surface area contributed by atoms with Crippen LogP contribution in [0.15, 0.2) is 0 Å². The molecular weight excluding hydrogens is 238 g/mol. The third-order valence-corrected chi connectivity index (χ3v) is 2.62. The fourth-order valence-corrected chi connectivity index (χ4v) is 1.74. The lowest BCUT2D eigenvalue weighted by atomic mass is 10.2. The quantitative estimate of drug-likeness (QED) is 0.832. The van der Waals surface area contributed by atoms with Gasteiger partial charge in [0.05, 0.1) is 23.9 Å². The molecule has 0 spiro atoms. The number of halogens is 1. The van der Waals surface area contributed by atoms with Crippen molar-refractivity contribution in [3.8, 4) is 6.07 Å². The Morgan fingerprint density at radius 3 is 2.65 bits per heavy atom. The van der Waals surface area contributed by atoms with Gasteiger partial charge in [-0.15, -0.1) is 0 Å². The Hall–Kier alpha value is -1.54. The fraction of sp³-hybridized carbons (Fsp3) is 0.545. The number of nitrogen functional groups attached to an aromatic ring is 1. The van der Waals surface area contributed by atoms with Crippen molar-refractivity contribution in [2.75, 3.05) is 17.2 Å². The van der Waals surface area contributed by atoms with E-state index in [-0.39, 0.29) is 11.3 Å². The zero-order valence-corrected chi connectivity index (χ0v) is 11.0. The van der Waals surface area contributed by atoms with E-state index in [0.29, 0.717) is 30.2 Å². The number of nitrogens with two attached hydrogens (primary N) is 1. The summed E-state index contributed by atoms with van der Waals surface area (Å²) in [6.07, 6.45) is 0.415. The van der Waals surface area contributed by atoms with Gasteiger partial charge < -0.3 is 10.6 Å². The number of rotatable bonds is 4. The Morgan fingerprint density at radius 2 is 2.12 bits per heavy atom. The molecule has 1 heterocycles. The van der Waals surface area contributed by atoms with Gasteiger partial charge in [-0.25, -0.2) is 4.98 Å². The lowest BCUT2D eigenvalue weighted by Crippen LogP contribution is -2.33. The van der Waals surface area contributed by atoms with Gasteiger partial charge in [-0.3, -0.25) is 0 Å². The maximum Gasteiger partial charge on any atom is 0.224 e. The van der Waals surface area contributed by atoms with Gasteiger partial charge in [-0.05, 0) is 32.4 Å². The summed E-state index contributed by atoms with van der Waals surface area (Å²) in [5.41, 5.74) is 7.12. The molecule has 17 heavy (non-hydrogen) atoms. The van der Waals surface area contributed by atoms with Crippen molar-refractivity contribution in [2.45, 2.75) is 33.2 Å². The van der Waals surface area contributed by atoms with Crippen LogP contribution >= 0.6 is 11.6 Å². The number of nitriles is 1. The first-order chi connectivity index (χ1) is 7.97. The van der Waals surface area contributed by atoms with E-state index in [1.165, 1.54) is 0 Å². The van der Waals surface area contributed by atoms with Gasteiger partial charge in [0.1, 0.15) is 0 Å². The summed E-state index contributed by atoms with van der Waals surface area (Å²) in [4.78, 5) is 10.1. The normalized spacial score (nSPS) is 10.4. The van der Waals surface area contributed by atoms with E-state index in [1.54, 1.807) is 6.92 Å². The maximum atomic E-state index is 8.66. The monoisotopic (exact) mass is 253 g/mol. The Balaban J connectivity index is 3.14. The van der Waals surface area contributed by atoms with E-state index in [1.807, 2.05) is 18.7 Å². The number of hydrogen-bond donors (Lipinski definition) is 1. The average molecular weight is 254 g/mol. The fourth-order valence-electron chi connectivity index (χ4n) is 1.53. The van der Waals surface area contributed by atoms with Crippen LogP contribution in [0.4, 0.5) is 11.5 Å². The van der Waals surface area contributed by atoms with Gasteiger partial charge in [0, 0.05) is 12.6 Å². The topological polar surface area (TPSA) is 78.8 Å². The molecule has 0 bridgehead atoms. The summed E-state index contributed by atoms with van der Waals surface area (Å²) >= 11 is 5.84. The molecule has 1 rings (SSSR count). The van der Waals surface area contributed by atoms with Crippen LogP contribution in [0, 0.1) is 18.3 Å². The molecule has 92 valence electrons. The first-order valence-electron chi connectivity index (χ1n) is 5.40. The number of nitrogens with zero attached hydrogens (tertiary/aromatic N) is 4. The molecule has 1 aromatic rings. The van der Waals surface area contributed by atoms with Gasteiger partial charge in [-0.1, -0.05) is 0 Å². The molecule has 0 aliphatic rings. The molecule has 0 aromatic carbocycles. The van der Waals surface area contributed by atoms with E-state index >= 15 is 0 Å². The zero-order chi connectivity index (χ0) is 13.0.